The van der Waals surface area contributed by atoms with Crippen molar-refractivity contribution in [2.24, 2.45) is 0 Å². The van der Waals surface area contributed by atoms with Gasteiger partial charge in [-0.25, -0.2) is 4.79 Å². The Morgan fingerprint density at radius 1 is 1.32 bits per heavy atom. The van der Waals surface area contributed by atoms with Crippen LogP contribution in [0.25, 0.3) is 0 Å². The zero-order valence-electron chi connectivity index (χ0n) is 16.2. The summed E-state index contributed by atoms with van der Waals surface area (Å²) in [7, 11) is -7.84. The Kier molecular flexibility index (Phi) is 4.39. The number of hydrogen-bond acceptors (Lipinski definition) is 9. The minimum atomic E-state index is -3.97. The normalized spacial score (nSPS) is 26.8. The largest absolute Gasteiger partial charge is 0.349 e. The molecule has 1 aromatic rings. The van der Waals surface area contributed by atoms with Crippen molar-refractivity contribution >= 4 is 20.2 Å². The first-order valence-corrected chi connectivity index (χ1v) is 10.4. The van der Waals surface area contributed by atoms with E-state index in [1.807, 2.05) is 4.98 Å². The van der Waals surface area contributed by atoms with Gasteiger partial charge < -0.3 is 4.74 Å². The van der Waals surface area contributed by atoms with Crippen LogP contribution in [0.2, 0.25) is 0 Å². The van der Waals surface area contributed by atoms with Crippen molar-refractivity contribution in [3.8, 4) is 0 Å². The summed E-state index contributed by atoms with van der Waals surface area (Å²) in [6.07, 6.45) is -1.56. The molecule has 0 bridgehead atoms. The highest BCUT2D eigenvalue weighted by atomic mass is 32.2. The van der Waals surface area contributed by atoms with Crippen molar-refractivity contribution in [2.75, 3.05) is 19.1 Å². The lowest BCUT2D eigenvalue weighted by Gasteiger charge is -2.17. The molecule has 13 heteroatoms. The molecule has 3 atom stereocenters. The van der Waals surface area contributed by atoms with Crippen molar-refractivity contribution < 1.29 is 34.1 Å². The fourth-order valence-electron chi connectivity index (χ4n) is 2.24. The number of H-pyrrole nitrogens is 1. The molecule has 0 saturated carbocycles. The average Bonchev–Trinajstić information content (AvgIpc) is 2.83. The average molecular weight is 401 g/mol. The first kappa shape index (κ1) is 15.7. The fourth-order valence-corrected chi connectivity index (χ4v) is 3.27. The van der Waals surface area contributed by atoms with Gasteiger partial charge in [0.2, 0.25) is 0 Å². The summed E-state index contributed by atoms with van der Waals surface area (Å²) in [6.45, 7) is -3.41. The van der Waals surface area contributed by atoms with Gasteiger partial charge in [-0.15, -0.1) is 0 Å². The molecule has 1 saturated heterocycles. The Morgan fingerprint density at radius 3 is 2.56 bits per heavy atom. The van der Waals surface area contributed by atoms with Crippen LogP contribution >= 0.6 is 0 Å². The first-order chi connectivity index (χ1) is 12.6. The van der Waals surface area contributed by atoms with Crippen LogP contribution in [0.1, 0.15) is 22.3 Å². The molecule has 0 aliphatic carbocycles. The smallest absolute Gasteiger partial charge is 0.330 e. The molecule has 0 radical (unpaired) electrons. The van der Waals surface area contributed by atoms with Gasteiger partial charge in [-0.1, -0.05) is 0 Å². The Hall–Kier alpha value is -1.54. The Labute approximate surface area is 148 Å². The second-order valence-corrected chi connectivity index (χ2v) is 8.65. The van der Waals surface area contributed by atoms with E-state index < -0.39 is 68.9 Å². The van der Waals surface area contributed by atoms with Gasteiger partial charge in [0.05, 0.1) is 19.1 Å². The van der Waals surface area contributed by atoms with Crippen molar-refractivity contribution in [3.05, 3.63) is 32.6 Å². The van der Waals surface area contributed by atoms with Crippen LogP contribution < -0.4 is 11.2 Å². The van der Waals surface area contributed by atoms with E-state index in [4.69, 9.17) is 13.0 Å². The van der Waals surface area contributed by atoms with Gasteiger partial charge in [-0.05, 0) is 6.85 Å². The maximum Gasteiger partial charge on any atom is 0.330 e. The van der Waals surface area contributed by atoms with Gasteiger partial charge >= 0.3 is 5.69 Å². The maximum atomic E-state index is 12.1. The molecule has 1 N–H and O–H groups in total. The highest BCUT2D eigenvalue weighted by Crippen LogP contribution is 2.31. The highest BCUT2D eigenvalue weighted by molar-refractivity contribution is 7.86. The summed E-state index contributed by atoms with van der Waals surface area (Å²) in [4.78, 5) is 25.7. The zero-order chi connectivity index (χ0) is 21.5. The van der Waals surface area contributed by atoms with Gasteiger partial charge in [-0.2, -0.15) is 16.8 Å². The lowest BCUT2D eigenvalue weighted by atomic mass is 10.2. The number of aryl methyl sites for hydroxylation is 1. The highest BCUT2D eigenvalue weighted by Gasteiger charge is 2.40. The topological polar surface area (TPSA) is 151 Å². The fraction of sp³-hybridized carbons (Fsp3) is 0.667. The number of aromatic amines is 1. The minimum absolute atomic E-state index is 0.253. The molecule has 0 amide bonds. The van der Waals surface area contributed by atoms with Crippen LogP contribution in [0.15, 0.2) is 15.8 Å². The maximum absolute atomic E-state index is 12.1. The third-order valence-corrected chi connectivity index (χ3v) is 4.36. The first-order valence-electron chi connectivity index (χ1n) is 8.31. The zero-order valence-corrected chi connectivity index (χ0v) is 14.8. The predicted octanol–water partition coefficient (Wildman–Crippen LogP) is -1.55. The summed E-state index contributed by atoms with van der Waals surface area (Å²) in [5.74, 6) is 0. The quantitative estimate of drug-likeness (QED) is 0.559. The molecule has 142 valence electrons. The second kappa shape index (κ2) is 6.99. The summed E-state index contributed by atoms with van der Waals surface area (Å²) in [6, 6.07) is 0. The molecule has 2 heterocycles. The summed E-state index contributed by atoms with van der Waals surface area (Å²) < 4.78 is 83.0. The molecule has 1 aromatic heterocycles. The minimum Gasteiger partial charge on any atom is -0.349 e. The van der Waals surface area contributed by atoms with Crippen LogP contribution in [0, 0.1) is 6.85 Å². The van der Waals surface area contributed by atoms with E-state index in [1.54, 1.807) is 0 Å². The molecule has 0 spiro atoms. The van der Waals surface area contributed by atoms with E-state index in [2.05, 4.69) is 4.18 Å². The second-order valence-electron chi connectivity index (χ2n) is 5.40. The Balaban J connectivity index is 2.39. The Morgan fingerprint density at radius 2 is 2.00 bits per heavy atom. The monoisotopic (exact) mass is 401 g/mol. The van der Waals surface area contributed by atoms with Gasteiger partial charge in [-0.3, -0.25) is 22.7 Å². The summed E-state index contributed by atoms with van der Waals surface area (Å²) in [5.41, 5.74) is -2.77. The van der Waals surface area contributed by atoms with Crippen LogP contribution in [-0.4, -0.2) is 57.7 Å². The number of ether oxygens (including phenoxy) is 1. The lowest BCUT2D eigenvalue weighted by Crippen LogP contribution is -2.33. The molecule has 1 fully saturated rings. The molecule has 11 nitrogen and oxygen atoms in total. The van der Waals surface area contributed by atoms with Crippen LogP contribution in [-0.2, 0) is 33.3 Å². The van der Waals surface area contributed by atoms with Gasteiger partial charge in [0.15, 0.2) is 0 Å². The third-order valence-electron chi connectivity index (χ3n) is 3.20. The van der Waals surface area contributed by atoms with Crippen molar-refractivity contribution in [1.82, 2.24) is 9.55 Å². The third kappa shape index (κ3) is 5.47. The molecule has 25 heavy (non-hydrogen) atoms. The van der Waals surface area contributed by atoms with Gasteiger partial charge in [0.25, 0.3) is 25.8 Å². The number of aromatic nitrogens is 2. The van der Waals surface area contributed by atoms with Crippen LogP contribution in [0.5, 0.6) is 0 Å². The van der Waals surface area contributed by atoms with E-state index in [1.165, 1.54) is 0 Å². The van der Waals surface area contributed by atoms with Gasteiger partial charge in [0, 0.05) is 22.3 Å². The van der Waals surface area contributed by atoms with Crippen molar-refractivity contribution in [3.63, 3.8) is 0 Å². The molecule has 2 rings (SSSR count). The van der Waals surface area contributed by atoms with Crippen molar-refractivity contribution in [1.29, 1.82) is 0 Å². The summed E-state index contributed by atoms with van der Waals surface area (Å²) in [5, 5.41) is 0. The van der Waals surface area contributed by atoms with E-state index in [9.17, 15) is 26.4 Å². The SMILES string of the molecule is [2H]C([2H])([2H])c1cn([C@H]2C[C@@H](OS(C)(=O)=O)[C@@H](COS(C)(=O)=O)O2)c(=O)[nH]c1=O. The molecular weight excluding hydrogens is 380 g/mol. The van der Waals surface area contributed by atoms with E-state index in [0.717, 1.165) is 23.3 Å². The Bertz CT molecular complexity index is 1060. The van der Waals surface area contributed by atoms with Crippen LogP contribution in [0.3, 0.4) is 0 Å². The summed E-state index contributed by atoms with van der Waals surface area (Å²) >= 11 is 0. The van der Waals surface area contributed by atoms with E-state index in [-0.39, 0.29) is 6.42 Å². The number of nitrogens with zero attached hydrogens (tertiary/aromatic N) is 1. The molecule has 1 aliphatic rings. The molecular formula is C12H18N2O9S2. The lowest BCUT2D eigenvalue weighted by molar-refractivity contribution is -0.0353. The number of hydrogen-bond donors (Lipinski definition) is 1. The number of nitrogens with one attached hydrogen (secondary N) is 1. The van der Waals surface area contributed by atoms with E-state index in [0.29, 0.717) is 0 Å². The number of rotatable bonds is 6. The van der Waals surface area contributed by atoms with Crippen LogP contribution in [0.4, 0.5) is 0 Å². The predicted molar refractivity (Wildman–Crippen MR) is 85.1 cm³/mol. The standard InChI is InChI=1S/C12H18N2O9S2/c1-7-5-14(12(16)13-11(7)15)10-4-8(23-25(3,19)20)9(22-10)6-21-24(2,17)18/h5,8-10H,4,6H2,1-3H3,(H,13,15,16)/t8-,9-,10-/m1/s1/i1D3. The van der Waals surface area contributed by atoms with Gasteiger partial charge in [0.1, 0.15) is 18.4 Å². The molecule has 0 aromatic carbocycles. The van der Waals surface area contributed by atoms with Crippen molar-refractivity contribution in [2.45, 2.75) is 31.7 Å². The van der Waals surface area contributed by atoms with E-state index >= 15 is 0 Å². The molecule has 0 unspecified atom stereocenters. The molecule has 1 aliphatic heterocycles.